The van der Waals surface area contributed by atoms with Gasteiger partial charge in [0.15, 0.2) is 5.78 Å². The van der Waals surface area contributed by atoms with Gasteiger partial charge in [-0.05, 0) is 55.0 Å². The second-order valence-electron chi connectivity index (χ2n) is 8.85. The second-order valence-corrected chi connectivity index (χ2v) is 9.91. The molecule has 2 heterocycles. The zero-order valence-corrected chi connectivity index (χ0v) is 20.5. The van der Waals surface area contributed by atoms with Crippen molar-refractivity contribution in [2.75, 3.05) is 11.1 Å². The molecule has 1 aliphatic carbocycles. The molecule has 1 aliphatic heterocycles. The topological polar surface area (TPSA) is 69.0 Å². The number of unbranched alkanes of at least 4 members (excludes halogenated alkanes) is 1. The zero-order chi connectivity index (χ0) is 23.5. The number of aromatic nitrogens is 3. The van der Waals surface area contributed by atoms with E-state index in [2.05, 4.69) is 37.4 Å². The van der Waals surface area contributed by atoms with E-state index in [-0.39, 0.29) is 11.8 Å². The third-order valence-corrected chi connectivity index (χ3v) is 7.33. The summed E-state index contributed by atoms with van der Waals surface area (Å²) in [6, 6.07) is 16.0. The summed E-state index contributed by atoms with van der Waals surface area (Å²) in [5, 5.41) is 8.98. The standard InChI is InChI=1S/C27H30N4O2S/c1-3-4-15-34-27-29-26-28-22-13-8-14-23(32)24(22)25(31(26)30-27)19-11-7-12-21(16-19)33-17-20-10-6-5-9-18(20)2/h5-7,9-12,16,25H,3-4,8,13-15,17H2,1-2H3,(H,28,29,30). The Morgan fingerprint density at radius 1 is 1.18 bits per heavy atom. The van der Waals surface area contributed by atoms with E-state index in [0.29, 0.717) is 19.0 Å². The minimum Gasteiger partial charge on any atom is -0.489 e. The van der Waals surface area contributed by atoms with E-state index in [9.17, 15) is 4.79 Å². The molecule has 6 nitrogen and oxygen atoms in total. The van der Waals surface area contributed by atoms with Crippen molar-refractivity contribution >= 4 is 23.5 Å². The molecular formula is C27H30N4O2S. The molecule has 0 saturated carbocycles. The molecule has 34 heavy (non-hydrogen) atoms. The van der Waals surface area contributed by atoms with Crippen LogP contribution in [-0.2, 0) is 11.4 Å². The number of aryl methyl sites for hydroxylation is 1. The number of carbonyl (C=O) groups is 1. The predicted octanol–water partition coefficient (Wildman–Crippen LogP) is 6.08. The van der Waals surface area contributed by atoms with Crippen molar-refractivity contribution in [1.82, 2.24) is 14.8 Å². The molecule has 1 unspecified atom stereocenters. The van der Waals surface area contributed by atoms with E-state index in [4.69, 9.17) is 14.8 Å². The Morgan fingerprint density at radius 2 is 2.06 bits per heavy atom. The van der Waals surface area contributed by atoms with Gasteiger partial charge in [-0.1, -0.05) is 61.5 Å². The van der Waals surface area contributed by atoms with Gasteiger partial charge in [-0.2, -0.15) is 4.98 Å². The van der Waals surface area contributed by atoms with Crippen LogP contribution in [0.2, 0.25) is 0 Å². The number of ketones is 1. The highest BCUT2D eigenvalue weighted by molar-refractivity contribution is 7.99. The lowest BCUT2D eigenvalue weighted by Crippen LogP contribution is -2.31. The number of benzene rings is 2. The fraction of sp³-hybridized carbons (Fsp3) is 0.370. The minimum atomic E-state index is -0.297. The monoisotopic (exact) mass is 474 g/mol. The molecule has 1 aromatic heterocycles. The quantitative estimate of drug-likeness (QED) is 0.315. The van der Waals surface area contributed by atoms with Gasteiger partial charge < -0.3 is 10.1 Å². The number of anilines is 1. The highest BCUT2D eigenvalue weighted by atomic mass is 32.2. The third kappa shape index (κ3) is 4.62. The van der Waals surface area contributed by atoms with Gasteiger partial charge in [-0.15, -0.1) is 5.10 Å². The molecule has 0 saturated heterocycles. The van der Waals surface area contributed by atoms with Crippen molar-refractivity contribution < 1.29 is 9.53 Å². The van der Waals surface area contributed by atoms with Gasteiger partial charge >= 0.3 is 0 Å². The number of thioether (sulfide) groups is 1. The van der Waals surface area contributed by atoms with Crippen molar-refractivity contribution in [3.05, 3.63) is 76.5 Å². The predicted molar refractivity (Wildman–Crippen MR) is 135 cm³/mol. The van der Waals surface area contributed by atoms with Crippen LogP contribution in [0, 0.1) is 6.92 Å². The van der Waals surface area contributed by atoms with Crippen LogP contribution in [0.5, 0.6) is 5.75 Å². The summed E-state index contributed by atoms with van der Waals surface area (Å²) in [5.41, 5.74) is 5.15. The van der Waals surface area contributed by atoms with Gasteiger partial charge in [0, 0.05) is 23.4 Å². The van der Waals surface area contributed by atoms with E-state index in [1.165, 1.54) is 5.56 Å². The van der Waals surface area contributed by atoms with Gasteiger partial charge in [0.1, 0.15) is 18.4 Å². The molecule has 0 radical (unpaired) electrons. The summed E-state index contributed by atoms with van der Waals surface area (Å²) in [5.74, 6) is 2.66. The number of hydrogen-bond donors (Lipinski definition) is 1. The van der Waals surface area contributed by atoms with Crippen LogP contribution in [0.15, 0.2) is 65.0 Å². The van der Waals surface area contributed by atoms with Gasteiger partial charge in [-0.3, -0.25) is 4.79 Å². The van der Waals surface area contributed by atoms with Gasteiger partial charge in [0.05, 0.1) is 0 Å². The Kier molecular flexibility index (Phi) is 6.72. The average Bonchev–Trinajstić information content (AvgIpc) is 3.25. The fourth-order valence-corrected chi connectivity index (χ4v) is 5.43. The highest BCUT2D eigenvalue weighted by Gasteiger charge is 2.37. The number of nitrogens with one attached hydrogen (secondary N) is 1. The first kappa shape index (κ1) is 22.7. The number of fused-ring (bicyclic) bond motifs is 1. The fourth-order valence-electron chi connectivity index (χ4n) is 4.52. The van der Waals surface area contributed by atoms with E-state index in [1.54, 1.807) is 11.8 Å². The minimum absolute atomic E-state index is 0.186. The number of allylic oxidation sites excluding steroid dienone is 2. The molecule has 5 rings (SSSR count). The average molecular weight is 475 g/mol. The van der Waals surface area contributed by atoms with Crippen molar-refractivity contribution in [2.45, 2.75) is 63.8 Å². The number of hydrogen-bond acceptors (Lipinski definition) is 6. The molecule has 2 aromatic carbocycles. The zero-order valence-electron chi connectivity index (χ0n) is 19.7. The Bertz CT molecular complexity index is 1230. The van der Waals surface area contributed by atoms with Crippen molar-refractivity contribution in [3.8, 4) is 5.75 Å². The lowest BCUT2D eigenvalue weighted by molar-refractivity contribution is -0.116. The summed E-state index contributed by atoms with van der Waals surface area (Å²) >= 11 is 1.67. The summed E-state index contributed by atoms with van der Waals surface area (Å²) in [7, 11) is 0. The van der Waals surface area contributed by atoms with Gasteiger partial charge in [-0.25, -0.2) is 4.68 Å². The number of carbonyl (C=O) groups excluding carboxylic acids is 1. The van der Waals surface area contributed by atoms with Crippen LogP contribution >= 0.6 is 11.8 Å². The van der Waals surface area contributed by atoms with Crippen LogP contribution in [-0.4, -0.2) is 26.3 Å². The molecule has 7 heteroatoms. The molecule has 176 valence electrons. The molecule has 0 fully saturated rings. The number of rotatable bonds is 8. The van der Waals surface area contributed by atoms with Crippen molar-refractivity contribution in [1.29, 1.82) is 0 Å². The largest absolute Gasteiger partial charge is 0.489 e. The summed E-state index contributed by atoms with van der Waals surface area (Å²) in [4.78, 5) is 17.8. The smallest absolute Gasteiger partial charge is 0.227 e. The van der Waals surface area contributed by atoms with E-state index in [1.807, 2.05) is 35.0 Å². The lowest BCUT2D eigenvalue weighted by Gasteiger charge is -2.32. The first-order chi connectivity index (χ1) is 16.6. The number of Topliss-reactive ketones (excluding diaryl/α,β-unsaturated/α-hetero) is 1. The van der Waals surface area contributed by atoms with Crippen molar-refractivity contribution in [2.24, 2.45) is 0 Å². The Balaban J connectivity index is 1.47. The van der Waals surface area contributed by atoms with Crippen LogP contribution < -0.4 is 10.1 Å². The van der Waals surface area contributed by atoms with E-state index in [0.717, 1.165) is 64.7 Å². The molecule has 0 spiro atoms. The lowest BCUT2D eigenvalue weighted by atomic mass is 9.85. The molecule has 2 aliphatic rings. The summed E-state index contributed by atoms with van der Waals surface area (Å²) in [6.45, 7) is 4.78. The Morgan fingerprint density at radius 3 is 2.91 bits per heavy atom. The number of ether oxygens (including phenoxy) is 1. The third-order valence-electron chi connectivity index (χ3n) is 6.41. The van der Waals surface area contributed by atoms with Crippen LogP contribution in [0.1, 0.15) is 61.8 Å². The normalized spacial score (nSPS) is 17.2. The Hall–Kier alpha value is -3.06. The maximum Gasteiger partial charge on any atom is 0.227 e. The van der Waals surface area contributed by atoms with Gasteiger partial charge in [0.25, 0.3) is 0 Å². The van der Waals surface area contributed by atoms with Crippen molar-refractivity contribution in [3.63, 3.8) is 0 Å². The van der Waals surface area contributed by atoms with Crippen LogP contribution in [0.4, 0.5) is 5.95 Å². The highest BCUT2D eigenvalue weighted by Crippen LogP contribution is 2.41. The molecular weight excluding hydrogens is 444 g/mol. The Labute approximate surface area is 204 Å². The molecule has 3 aromatic rings. The summed E-state index contributed by atoms with van der Waals surface area (Å²) < 4.78 is 8.05. The van der Waals surface area contributed by atoms with E-state index >= 15 is 0 Å². The van der Waals surface area contributed by atoms with Crippen LogP contribution in [0.25, 0.3) is 0 Å². The maximum absolute atomic E-state index is 13.1. The number of nitrogens with zero attached hydrogens (tertiary/aromatic N) is 3. The molecule has 1 N–H and O–H groups in total. The second kappa shape index (κ2) is 10.1. The molecule has 0 amide bonds. The SMILES string of the molecule is CCCCSc1nc2n(n1)C(c1cccc(OCc3ccccc3C)c1)C1=C(CCCC1=O)N2. The summed E-state index contributed by atoms with van der Waals surface area (Å²) in [6.07, 6.45) is 4.55. The molecule has 1 atom stereocenters. The molecule has 0 bridgehead atoms. The first-order valence-electron chi connectivity index (χ1n) is 12.0. The first-order valence-corrected chi connectivity index (χ1v) is 13.0. The maximum atomic E-state index is 13.1. The van der Waals surface area contributed by atoms with Gasteiger partial charge in [0.2, 0.25) is 11.1 Å². The van der Waals surface area contributed by atoms with E-state index < -0.39 is 0 Å². The van der Waals surface area contributed by atoms with Crippen LogP contribution in [0.3, 0.4) is 0 Å².